The molecule has 27 heavy (non-hydrogen) atoms. The molecule has 0 atom stereocenters. The Morgan fingerprint density at radius 3 is 2.26 bits per heavy atom. The zero-order valence-electron chi connectivity index (χ0n) is 15.7. The van der Waals surface area contributed by atoms with Crippen LogP contribution in [-0.4, -0.2) is 13.2 Å². The van der Waals surface area contributed by atoms with Crippen molar-refractivity contribution in [1.29, 1.82) is 0 Å². The van der Waals surface area contributed by atoms with Gasteiger partial charge in [0.15, 0.2) is 0 Å². The van der Waals surface area contributed by atoms with E-state index in [1.54, 1.807) is 7.11 Å². The first kappa shape index (κ1) is 17.5. The van der Waals surface area contributed by atoms with Crippen LogP contribution in [0.1, 0.15) is 24.0 Å². The summed E-state index contributed by atoms with van der Waals surface area (Å²) >= 11 is 0. The van der Waals surface area contributed by atoms with Gasteiger partial charge in [0, 0.05) is 23.8 Å². The largest absolute Gasteiger partial charge is 0.496 e. The van der Waals surface area contributed by atoms with Crippen LogP contribution in [0.4, 0.5) is 5.69 Å². The molecule has 0 unspecified atom stereocenters. The van der Waals surface area contributed by atoms with Crippen molar-refractivity contribution in [3.8, 4) is 11.5 Å². The number of ether oxygens (including phenoxy) is 2. The average Bonchev–Trinajstić information content (AvgIpc) is 3.57. The van der Waals surface area contributed by atoms with E-state index in [0.29, 0.717) is 12.6 Å². The van der Waals surface area contributed by atoms with Crippen LogP contribution in [0.3, 0.4) is 0 Å². The second-order valence-electron chi connectivity index (χ2n) is 6.94. The molecule has 3 heteroatoms. The number of rotatable bonds is 8. The molecule has 0 aromatic heterocycles. The highest BCUT2D eigenvalue weighted by Crippen LogP contribution is 2.35. The molecule has 3 nitrogen and oxygen atoms in total. The summed E-state index contributed by atoms with van der Waals surface area (Å²) in [5.74, 6) is 1.85. The van der Waals surface area contributed by atoms with Gasteiger partial charge < -0.3 is 14.4 Å². The second-order valence-corrected chi connectivity index (χ2v) is 6.94. The zero-order chi connectivity index (χ0) is 18.5. The molecule has 0 N–H and O–H groups in total. The molecule has 4 rings (SSSR count). The first-order valence-electron chi connectivity index (χ1n) is 9.49. The molecule has 3 aromatic rings. The number of para-hydroxylation sites is 1. The van der Waals surface area contributed by atoms with E-state index in [4.69, 9.17) is 9.47 Å². The predicted molar refractivity (Wildman–Crippen MR) is 109 cm³/mol. The summed E-state index contributed by atoms with van der Waals surface area (Å²) in [4.78, 5) is 2.47. The highest BCUT2D eigenvalue weighted by atomic mass is 16.5. The molecule has 0 aliphatic heterocycles. The minimum atomic E-state index is 0.591. The van der Waals surface area contributed by atoms with Crippen molar-refractivity contribution < 1.29 is 9.47 Å². The summed E-state index contributed by atoms with van der Waals surface area (Å²) in [5.41, 5.74) is 3.63. The number of nitrogens with zero attached hydrogens (tertiary/aromatic N) is 1. The highest BCUT2D eigenvalue weighted by molar-refractivity contribution is 5.52. The maximum absolute atomic E-state index is 5.92. The Morgan fingerprint density at radius 1 is 0.852 bits per heavy atom. The van der Waals surface area contributed by atoms with E-state index >= 15 is 0 Å². The van der Waals surface area contributed by atoms with Crippen molar-refractivity contribution >= 4 is 5.69 Å². The van der Waals surface area contributed by atoms with Gasteiger partial charge in [0.2, 0.25) is 0 Å². The van der Waals surface area contributed by atoms with Crippen LogP contribution in [0.15, 0.2) is 78.9 Å². The van der Waals surface area contributed by atoms with Gasteiger partial charge in [-0.2, -0.15) is 0 Å². The van der Waals surface area contributed by atoms with Gasteiger partial charge in [-0.05, 0) is 48.7 Å². The maximum atomic E-state index is 5.92. The summed E-state index contributed by atoms with van der Waals surface area (Å²) < 4.78 is 11.4. The van der Waals surface area contributed by atoms with Gasteiger partial charge in [0.25, 0.3) is 0 Å². The van der Waals surface area contributed by atoms with Crippen molar-refractivity contribution in [2.45, 2.75) is 32.0 Å². The van der Waals surface area contributed by atoms with Crippen molar-refractivity contribution in [2.24, 2.45) is 0 Å². The highest BCUT2D eigenvalue weighted by Gasteiger charge is 2.29. The average molecular weight is 359 g/mol. The van der Waals surface area contributed by atoms with Crippen LogP contribution in [0.2, 0.25) is 0 Å². The second kappa shape index (κ2) is 8.17. The van der Waals surface area contributed by atoms with Gasteiger partial charge in [-0.15, -0.1) is 0 Å². The third-order valence-corrected chi connectivity index (χ3v) is 4.94. The molecule has 3 aromatic carbocycles. The van der Waals surface area contributed by atoms with Crippen LogP contribution in [0.25, 0.3) is 0 Å². The molecular formula is C24H25NO2. The van der Waals surface area contributed by atoms with Crippen LogP contribution in [-0.2, 0) is 13.2 Å². The lowest BCUT2D eigenvalue weighted by atomic mass is 10.1. The number of anilines is 1. The number of benzene rings is 3. The number of hydrogen-bond acceptors (Lipinski definition) is 3. The Morgan fingerprint density at radius 2 is 1.56 bits per heavy atom. The van der Waals surface area contributed by atoms with Gasteiger partial charge in [0.1, 0.15) is 18.1 Å². The molecule has 1 aliphatic carbocycles. The Labute approximate surface area is 161 Å². The van der Waals surface area contributed by atoms with E-state index in [1.165, 1.54) is 29.7 Å². The molecule has 0 saturated heterocycles. The van der Waals surface area contributed by atoms with E-state index in [9.17, 15) is 0 Å². The first-order chi connectivity index (χ1) is 13.3. The van der Waals surface area contributed by atoms with Crippen LogP contribution < -0.4 is 14.4 Å². The molecule has 1 fully saturated rings. The zero-order valence-corrected chi connectivity index (χ0v) is 15.7. The SMILES string of the molecule is COc1ccccc1CN(c1ccc(OCc2ccccc2)cc1)C1CC1. The summed E-state index contributed by atoms with van der Waals surface area (Å²) in [6, 6.07) is 27.6. The number of hydrogen-bond donors (Lipinski definition) is 0. The summed E-state index contributed by atoms with van der Waals surface area (Å²) in [6.07, 6.45) is 2.50. The fourth-order valence-electron chi connectivity index (χ4n) is 3.31. The number of methoxy groups -OCH3 is 1. The molecule has 0 bridgehead atoms. The normalized spacial score (nSPS) is 13.2. The predicted octanol–water partition coefficient (Wildman–Crippen LogP) is 5.44. The third-order valence-electron chi connectivity index (χ3n) is 4.94. The van der Waals surface area contributed by atoms with Gasteiger partial charge >= 0.3 is 0 Å². The fraction of sp³-hybridized carbons (Fsp3) is 0.250. The van der Waals surface area contributed by atoms with Crippen molar-refractivity contribution in [1.82, 2.24) is 0 Å². The quantitative estimate of drug-likeness (QED) is 0.534. The van der Waals surface area contributed by atoms with Gasteiger partial charge in [0.05, 0.1) is 7.11 Å². The van der Waals surface area contributed by atoms with Gasteiger partial charge in [-0.1, -0.05) is 48.5 Å². The summed E-state index contributed by atoms with van der Waals surface area (Å²) in [6.45, 7) is 1.45. The lowest BCUT2D eigenvalue weighted by molar-refractivity contribution is 0.306. The Balaban J connectivity index is 1.45. The van der Waals surface area contributed by atoms with E-state index in [-0.39, 0.29) is 0 Å². The Kier molecular flexibility index (Phi) is 5.29. The molecule has 0 radical (unpaired) electrons. The molecular weight excluding hydrogens is 334 g/mol. The van der Waals surface area contributed by atoms with Crippen LogP contribution in [0, 0.1) is 0 Å². The van der Waals surface area contributed by atoms with Crippen molar-refractivity contribution in [2.75, 3.05) is 12.0 Å². The van der Waals surface area contributed by atoms with Gasteiger partial charge in [-0.25, -0.2) is 0 Å². The van der Waals surface area contributed by atoms with E-state index in [2.05, 4.69) is 53.4 Å². The molecule has 138 valence electrons. The minimum Gasteiger partial charge on any atom is -0.496 e. The standard InChI is InChI=1S/C24H25NO2/c1-26-24-10-6-5-9-20(24)17-25(21-11-12-21)22-13-15-23(16-14-22)27-18-19-7-3-2-4-8-19/h2-10,13-16,21H,11-12,17-18H2,1H3. The minimum absolute atomic E-state index is 0.591. The van der Waals surface area contributed by atoms with E-state index < -0.39 is 0 Å². The molecule has 0 amide bonds. The summed E-state index contributed by atoms with van der Waals surface area (Å²) in [7, 11) is 1.74. The molecule has 1 aliphatic rings. The summed E-state index contributed by atoms with van der Waals surface area (Å²) in [5, 5.41) is 0. The Hall–Kier alpha value is -2.94. The van der Waals surface area contributed by atoms with E-state index in [1.807, 2.05) is 30.3 Å². The fourth-order valence-corrected chi connectivity index (χ4v) is 3.31. The molecule has 0 spiro atoms. The lowest BCUT2D eigenvalue weighted by Crippen LogP contribution is -2.25. The third kappa shape index (κ3) is 4.43. The Bertz CT molecular complexity index is 857. The monoisotopic (exact) mass is 359 g/mol. The van der Waals surface area contributed by atoms with E-state index in [0.717, 1.165) is 18.0 Å². The van der Waals surface area contributed by atoms with Crippen molar-refractivity contribution in [3.05, 3.63) is 90.0 Å². The smallest absolute Gasteiger partial charge is 0.123 e. The van der Waals surface area contributed by atoms with Crippen LogP contribution >= 0.6 is 0 Å². The maximum Gasteiger partial charge on any atom is 0.123 e. The molecule has 0 heterocycles. The first-order valence-corrected chi connectivity index (χ1v) is 9.49. The lowest BCUT2D eigenvalue weighted by Gasteiger charge is -2.26. The van der Waals surface area contributed by atoms with Crippen molar-refractivity contribution in [3.63, 3.8) is 0 Å². The van der Waals surface area contributed by atoms with Gasteiger partial charge in [-0.3, -0.25) is 0 Å². The van der Waals surface area contributed by atoms with Crippen LogP contribution in [0.5, 0.6) is 11.5 Å². The molecule has 1 saturated carbocycles. The topological polar surface area (TPSA) is 21.7 Å².